The van der Waals surface area contributed by atoms with Gasteiger partial charge in [0.2, 0.25) is 0 Å². The van der Waals surface area contributed by atoms with Crippen LogP contribution in [0, 0.1) is 6.92 Å². The van der Waals surface area contributed by atoms with Crippen molar-refractivity contribution in [1.29, 1.82) is 0 Å². The van der Waals surface area contributed by atoms with Gasteiger partial charge in [0.1, 0.15) is 5.82 Å². The van der Waals surface area contributed by atoms with Crippen LogP contribution in [0.1, 0.15) is 11.1 Å². The Labute approximate surface area is 194 Å². The van der Waals surface area contributed by atoms with E-state index in [-0.39, 0.29) is 0 Å². The van der Waals surface area contributed by atoms with Gasteiger partial charge < -0.3 is 10.4 Å². The molecule has 2 N–H and O–H groups in total. The molecule has 164 valence electrons. The van der Waals surface area contributed by atoms with Gasteiger partial charge in [0, 0.05) is 48.8 Å². The third kappa shape index (κ3) is 4.92. The largest absolute Gasteiger partial charge is 0.400 e. The molecule has 0 radical (unpaired) electrons. The lowest BCUT2D eigenvalue weighted by Crippen LogP contribution is -2.03. The van der Waals surface area contributed by atoms with Crippen molar-refractivity contribution >= 4 is 16.6 Å². The summed E-state index contributed by atoms with van der Waals surface area (Å²) in [5, 5.41) is 12.9. The van der Waals surface area contributed by atoms with E-state index in [9.17, 15) is 0 Å². The second kappa shape index (κ2) is 10.5. The fraction of sp³-hybridized carbons (Fsp3) is 0.103. The van der Waals surface area contributed by atoms with Gasteiger partial charge in [-0.25, -0.2) is 4.98 Å². The van der Waals surface area contributed by atoms with Gasteiger partial charge in [-0.1, -0.05) is 78.9 Å². The van der Waals surface area contributed by atoms with Gasteiger partial charge in [-0.05, 0) is 40.6 Å². The van der Waals surface area contributed by atoms with E-state index < -0.39 is 0 Å². The Bertz CT molecular complexity index is 1340. The van der Waals surface area contributed by atoms with Gasteiger partial charge in [0.15, 0.2) is 0 Å². The van der Waals surface area contributed by atoms with Crippen LogP contribution in [0.2, 0.25) is 0 Å². The summed E-state index contributed by atoms with van der Waals surface area (Å²) in [5.41, 5.74) is 6.88. The molecule has 4 nitrogen and oxygen atoms in total. The first-order valence-corrected chi connectivity index (χ1v) is 10.9. The molecular weight excluding hydrogens is 406 g/mol. The summed E-state index contributed by atoms with van der Waals surface area (Å²) < 4.78 is 0. The average Bonchev–Trinajstić information content (AvgIpc) is 2.89. The van der Waals surface area contributed by atoms with Crippen LogP contribution in [0.15, 0.2) is 104 Å². The normalized spacial score (nSPS) is 10.4. The van der Waals surface area contributed by atoms with E-state index in [1.807, 2.05) is 30.7 Å². The van der Waals surface area contributed by atoms with E-state index >= 15 is 0 Å². The summed E-state index contributed by atoms with van der Waals surface area (Å²) in [5.74, 6) is 0.891. The molecule has 2 heterocycles. The maximum Gasteiger partial charge on any atom is 0.134 e. The van der Waals surface area contributed by atoms with Crippen LogP contribution >= 0.6 is 0 Å². The number of anilines is 1. The monoisotopic (exact) mass is 433 g/mol. The minimum absolute atomic E-state index is 0.720. The molecule has 2 aromatic heterocycles. The molecule has 0 atom stereocenters. The molecule has 0 spiro atoms. The second-order valence-electron chi connectivity index (χ2n) is 7.70. The number of hydrogen-bond donors (Lipinski definition) is 2. The molecule has 0 aliphatic heterocycles. The van der Waals surface area contributed by atoms with E-state index in [1.165, 1.54) is 22.1 Å². The maximum absolute atomic E-state index is 7.00. The molecular formula is C29H27N3O. The van der Waals surface area contributed by atoms with Gasteiger partial charge in [0.05, 0.1) is 0 Å². The molecule has 0 bridgehead atoms. The van der Waals surface area contributed by atoms with E-state index in [0.717, 1.165) is 41.5 Å². The van der Waals surface area contributed by atoms with E-state index in [4.69, 9.17) is 10.1 Å². The lowest BCUT2D eigenvalue weighted by Gasteiger charge is -2.16. The molecule has 0 aliphatic rings. The summed E-state index contributed by atoms with van der Waals surface area (Å²) in [7, 11) is 1.00. The van der Waals surface area contributed by atoms with Crippen molar-refractivity contribution in [2.45, 2.75) is 13.5 Å². The van der Waals surface area contributed by atoms with E-state index in [2.05, 4.69) is 90.0 Å². The van der Waals surface area contributed by atoms with Gasteiger partial charge in [0.25, 0.3) is 0 Å². The number of benzene rings is 3. The standard InChI is InChI=1S/C28H23N3.CH4O/c1-20-15-23(18-29-16-20)26-19-31-28(30-17-21-9-4-2-5-10-21)27-24(13-8-14-25(26)27)22-11-6-3-7-12-22;1-2/h2-16,18-19H,17H2,1H3,(H,30,31);2H,1H3. The van der Waals surface area contributed by atoms with Gasteiger partial charge in [-0.15, -0.1) is 0 Å². The predicted molar refractivity (Wildman–Crippen MR) is 137 cm³/mol. The molecule has 33 heavy (non-hydrogen) atoms. The van der Waals surface area contributed by atoms with E-state index in [0.29, 0.717) is 0 Å². The molecule has 0 fully saturated rings. The third-order valence-corrected chi connectivity index (χ3v) is 5.49. The Morgan fingerprint density at radius 3 is 2.18 bits per heavy atom. The van der Waals surface area contributed by atoms with Crippen molar-refractivity contribution in [3.63, 3.8) is 0 Å². The number of nitrogens with zero attached hydrogens (tertiary/aromatic N) is 2. The lowest BCUT2D eigenvalue weighted by molar-refractivity contribution is 0.399. The second-order valence-corrected chi connectivity index (χ2v) is 7.70. The minimum atomic E-state index is 0.720. The first-order valence-electron chi connectivity index (χ1n) is 10.9. The summed E-state index contributed by atoms with van der Waals surface area (Å²) in [4.78, 5) is 9.28. The predicted octanol–water partition coefficient (Wildman–Crippen LogP) is 6.49. The Hall–Kier alpha value is -4.02. The number of aliphatic hydroxyl groups excluding tert-OH is 1. The van der Waals surface area contributed by atoms with Crippen LogP contribution in [0.25, 0.3) is 33.0 Å². The number of nitrogens with one attached hydrogen (secondary N) is 1. The van der Waals surface area contributed by atoms with Crippen LogP contribution < -0.4 is 5.32 Å². The molecule has 0 saturated carbocycles. The van der Waals surface area contributed by atoms with Gasteiger partial charge in [-0.2, -0.15) is 0 Å². The fourth-order valence-corrected chi connectivity index (χ4v) is 4.00. The number of aromatic nitrogens is 2. The number of aryl methyl sites for hydroxylation is 1. The lowest BCUT2D eigenvalue weighted by atomic mass is 9.94. The first kappa shape index (κ1) is 22.2. The number of aliphatic hydroxyl groups is 1. The van der Waals surface area contributed by atoms with Crippen molar-refractivity contribution in [2.75, 3.05) is 12.4 Å². The van der Waals surface area contributed by atoms with Crippen molar-refractivity contribution in [3.8, 4) is 22.3 Å². The number of rotatable bonds is 5. The molecule has 0 saturated heterocycles. The summed E-state index contributed by atoms with van der Waals surface area (Å²) in [6, 6.07) is 29.5. The zero-order valence-electron chi connectivity index (χ0n) is 18.9. The van der Waals surface area contributed by atoms with Crippen LogP contribution in [0.4, 0.5) is 5.82 Å². The Morgan fingerprint density at radius 1 is 0.727 bits per heavy atom. The zero-order valence-corrected chi connectivity index (χ0v) is 18.9. The zero-order chi connectivity index (χ0) is 23.0. The first-order chi connectivity index (χ1) is 16.3. The molecule has 0 unspecified atom stereocenters. The Morgan fingerprint density at radius 2 is 1.45 bits per heavy atom. The van der Waals surface area contributed by atoms with Crippen LogP contribution in [-0.2, 0) is 6.54 Å². The summed E-state index contributed by atoms with van der Waals surface area (Å²) in [6.07, 6.45) is 5.75. The quantitative estimate of drug-likeness (QED) is 0.332. The number of hydrogen-bond acceptors (Lipinski definition) is 4. The van der Waals surface area contributed by atoms with Crippen molar-refractivity contribution in [1.82, 2.24) is 9.97 Å². The molecule has 4 heteroatoms. The SMILES string of the molecule is CO.Cc1cncc(-c2cnc(NCc3ccccc3)c3c(-c4ccccc4)cccc23)c1. The third-order valence-electron chi connectivity index (χ3n) is 5.49. The maximum atomic E-state index is 7.00. The highest BCUT2D eigenvalue weighted by Crippen LogP contribution is 2.38. The van der Waals surface area contributed by atoms with Crippen molar-refractivity contribution in [2.24, 2.45) is 0 Å². The Kier molecular flexibility index (Phi) is 7.08. The van der Waals surface area contributed by atoms with Crippen molar-refractivity contribution in [3.05, 3.63) is 115 Å². The molecule has 3 aromatic carbocycles. The number of fused-ring (bicyclic) bond motifs is 1. The van der Waals surface area contributed by atoms with Gasteiger partial charge >= 0.3 is 0 Å². The topological polar surface area (TPSA) is 58.0 Å². The molecule has 0 aliphatic carbocycles. The smallest absolute Gasteiger partial charge is 0.134 e. The highest BCUT2D eigenvalue weighted by molar-refractivity contribution is 6.09. The van der Waals surface area contributed by atoms with E-state index in [1.54, 1.807) is 0 Å². The Balaban J connectivity index is 0.00000126. The minimum Gasteiger partial charge on any atom is -0.400 e. The van der Waals surface area contributed by atoms with Gasteiger partial charge in [-0.3, -0.25) is 4.98 Å². The highest BCUT2D eigenvalue weighted by Gasteiger charge is 2.14. The molecule has 5 aromatic rings. The fourth-order valence-electron chi connectivity index (χ4n) is 4.00. The van der Waals surface area contributed by atoms with Crippen molar-refractivity contribution < 1.29 is 5.11 Å². The molecule has 5 rings (SSSR count). The highest BCUT2D eigenvalue weighted by atomic mass is 16.2. The van der Waals surface area contributed by atoms with Crippen LogP contribution in [0.5, 0.6) is 0 Å². The summed E-state index contributed by atoms with van der Waals surface area (Å²) in [6.45, 7) is 2.79. The van der Waals surface area contributed by atoms with Crippen LogP contribution in [0.3, 0.4) is 0 Å². The average molecular weight is 434 g/mol. The summed E-state index contributed by atoms with van der Waals surface area (Å²) >= 11 is 0. The van der Waals surface area contributed by atoms with Crippen LogP contribution in [-0.4, -0.2) is 22.2 Å². The number of pyridine rings is 2. The molecule has 0 amide bonds.